The molecule has 1 aromatic rings. The fourth-order valence-corrected chi connectivity index (χ4v) is 1.07. The number of carbonyl (C=O) groups is 1. The normalized spacial score (nSPS) is 9.56. The average molecular weight is 221 g/mol. The first-order valence-electron chi connectivity index (χ1n) is 4.55. The van der Waals surface area contributed by atoms with Gasteiger partial charge in [-0.25, -0.2) is 0 Å². The summed E-state index contributed by atoms with van der Waals surface area (Å²) in [5.74, 6) is 0.0811. The van der Waals surface area contributed by atoms with Gasteiger partial charge in [-0.1, -0.05) is 6.58 Å². The van der Waals surface area contributed by atoms with Crippen LogP contribution in [-0.2, 0) is 0 Å². The Balaban J connectivity index is 3.04. The van der Waals surface area contributed by atoms with E-state index < -0.39 is 4.92 Å². The van der Waals surface area contributed by atoms with Crippen molar-refractivity contribution in [2.45, 2.75) is 6.92 Å². The summed E-state index contributed by atoms with van der Waals surface area (Å²) in [5, 5.41) is 10.7. The number of nitro benzene ring substituents is 1. The van der Waals surface area contributed by atoms with Gasteiger partial charge in [0.05, 0.1) is 4.92 Å². The Kier molecular flexibility index (Phi) is 3.77. The van der Waals surface area contributed by atoms with Crippen molar-refractivity contribution in [3.63, 3.8) is 0 Å². The molecule has 0 aliphatic heterocycles. The maximum Gasteiger partial charge on any atom is 0.310 e. The van der Waals surface area contributed by atoms with Gasteiger partial charge in [-0.05, 0) is 24.6 Å². The largest absolute Gasteiger partial charge is 0.482 e. The maximum absolute atomic E-state index is 10.7. The van der Waals surface area contributed by atoms with Crippen LogP contribution in [0.1, 0.15) is 17.3 Å². The number of ether oxygens (including phenoxy) is 1. The van der Waals surface area contributed by atoms with Crippen LogP contribution in [0, 0.1) is 10.1 Å². The SMILES string of the molecule is C=C(C)COc1cc(C=O)ccc1[N+](=O)[O-]. The summed E-state index contributed by atoms with van der Waals surface area (Å²) in [7, 11) is 0. The average Bonchev–Trinajstić information content (AvgIpc) is 2.25. The second-order valence-corrected chi connectivity index (χ2v) is 3.35. The first-order valence-corrected chi connectivity index (χ1v) is 4.55. The standard InChI is InChI=1S/C11H11NO4/c1-8(2)7-16-11-5-9(6-13)3-4-10(11)12(14)15/h3-6H,1,7H2,2H3. The van der Waals surface area contributed by atoms with Gasteiger partial charge in [-0.15, -0.1) is 0 Å². The van der Waals surface area contributed by atoms with E-state index in [0.717, 1.165) is 5.57 Å². The summed E-state index contributed by atoms with van der Waals surface area (Å²) in [6, 6.07) is 3.96. The summed E-state index contributed by atoms with van der Waals surface area (Å²) in [6.45, 7) is 5.55. The number of aldehydes is 1. The van der Waals surface area contributed by atoms with Gasteiger partial charge in [-0.3, -0.25) is 14.9 Å². The van der Waals surface area contributed by atoms with E-state index >= 15 is 0 Å². The lowest BCUT2D eigenvalue weighted by Gasteiger charge is -2.06. The van der Waals surface area contributed by atoms with Gasteiger partial charge in [-0.2, -0.15) is 0 Å². The van der Waals surface area contributed by atoms with Crippen molar-refractivity contribution in [1.82, 2.24) is 0 Å². The molecule has 1 rings (SSSR count). The Bertz CT molecular complexity index is 440. The zero-order valence-corrected chi connectivity index (χ0v) is 8.80. The Morgan fingerprint density at radius 3 is 2.81 bits per heavy atom. The molecule has 5 heteroatoms. The van der Waals surface area contributed by atoms with Crippen LogP contribution >= 0.6 is 0 Å². The van der Waals surface area contributed by atoms with Crippen molar-refractivity contribution in [2.24, 2.45) is 0 Å². The molecule has 0 aliphatic rings. The summed E-state index contributed by atoms with van der Waals surface area (Å²) in [4.78, 5) is 20.7. The third-order valence-electron chi connectivity index (χ3n) is 1.79. The number of nitro groups is 1. The minimum atomic E-state index is -0.553. The Hall–Kier alpha value is -2.17. The van der Waals surface area contributed by atoms with Crippen LogP contribution in [0.5, 0.6) is 5.75 Å². The van der Waals surface area contributed by atoms with Crippen LogP contribution in [0.2, 0.25) is 0 Å². The van der Waals surface area contributed by atoms with Gasteiger partial charge in [0.2, 0.25) is 0 Å². The van der Waals surface area contributed by atoms with Crippen molar-refractivity contribution in [2.75, 3.05) is 6.61 Å². The van der Waals surface area contributed by atoms with Gasteiger partial charge < -0.3 is 4.74 Å². The summed E-state index contributed by atoms with van der Waals surface area (Å²) in [6.07, 6.45) is 0.608. The number of benzene rings is 1. The number of hydrogen-bond donors (Lipinski definition) is 0. The summed E-state index contributed by atoms with van der Waals surface area (Å²) in [5.41, 5.74) is 0.917. The third-order valence-corrected chi connectivity index (χ3v) is 1.79. The molecule has 5 nitrogen and oxygen atoms in total. The molecule has 0 N–H and O–H groups in total. The van der Waals surface area contributed by atoms with Crippen LogP contribution in [0.3, 0.4) is 0 Å². The lowest BCUT2D eigenvalue weighted by molar-refractivity contribution is -0.385. The zero-order valence-electron chi connectivity index (χ0n) is 8.80. The number of carbonyl (C=O) groups excluding carboxylic acids is 1. The predicted molar refractivity (Wildman–Crippen MR) is 58.8 cm³/mol. The molecule has 0 saturated carbocycles. The van der Waals surface area contributed by atoms with Crippen molar-refractivity contribution < 1.29 is 14.5 Å². The lowest BCUT2D eigenvalue weighted by Crippen LogP contribution is -2.01. The smallest absolute Gasteiger partial charge is 0.310 e. The molecule has 0 atom stereocenters. The molecular formula is C11H11NO4. The van der Waals surface area contributed by atoms with E-state index in [0.29, 0.717) is 11.8 Å². The van der Waals surface area contributed by atoms with Gasteiger partial charge in [0.25, 0.3) is 0 Å². The van der Waals surface area contributed by atoms with E-state index in [2.05, 4.69) is 6.58 Å². The van der Waals surface area contributed by atoms with Crippen LogP contribution in [-0.4, -0.2) is 17.8 Å². The van der Waals surface area contributed by atoms with Gasteiger partial charge >= 0.3 is 5.69 Å². The quantitative estimate of drug-likeness (QED) is 0.331. The molecule has 0 aliphatic carbocycles. The minimum Gasteiger partial charge on any atom is -0.482 e. The highest BCUT2D eigenvalue weighted by atomic mass is 16.6. The minimum absolute atomic E-state index is 0.0811. The monoisotopic (exact) mass is 221 g/mol. The molecule has 16 heavy (non-hydrogen) atoms. The molecule has 0 radical (unpaired) electrons. The second-order valence-electron chi connectivity index (χ2n) is 3.35. The van der Waals surface area contributed by atoms with Crippen molar-refractivity contribution in [3.8, 4) is 5.75 Å². The highest BCUT2D eigenvalue weighted by Crippen LogP contribution is 2.27. The Morgan fingerprint density at radius 1 is 1.62 bits per heavy atom. The van der Waals surface area contributed by atoms with Crippen LogP contribution < -0.4 is 4.74 Å². The van der Waals surface area contributed by atoms with Gasteiger partial charge in [0, 0.05) is 11.6 Å². The molecule has 0 fully saturated rings. The maximum atomic E-state index is 10.7. The van der Waals surface area contributed by atoms with E-state index in [-0.39, 0.29) is 18.0 Å². The number of nitrogens with zero attached hydrogens (tertiary/aromatic N) is 1. The van der Waals surface area contributed by atoms with E-state index in [1.165, 1.54) is 18.2 Å². The van der Waals surface area contributed by atoms with Gasteiger partial charge in [0.1, 0.15) is 12.9 Å². The highest BCUT2D eigenvalue weighted by Gasteiger charge is 2.15. The molecule has 0 spiro atoms. The second kappa shape index (κ2) is 5.06. The molecule has 0 aromatic heterocycles. The summed E-state index contributed by atoms with van der Waals surface area (Å²) < 4.78 is 5.20. The molecule has 0 saturated heterocycles. The molecule has 1 aromatic carbocycles. The number of hydrogen-bond acceptors (Lipinski definition) is 4. The van der Waals surface area contributed by atoms with E-state index in [1.54, 1.807) is 6.92 Å². The van der Waals surface area contributed by atoms with Crippen LogP contribution in [0.25, 0.3) is 0 Å². The van der Waals surface area contributed by atoms with Gasteiger partial charge in [0.15, 0.2) is 5.75 Å². The lowest BCUT2D eigenvalue weighted by atomic mass is 10.2. The highest BCUT2D eigenvalue weighted by molar-refractivity contribution is 5.76. The fourth-order valence-electron chi connectivity index (χ4n) is 1.07. The number of rotatable bonds is 5. The fraction of sp³-hybridized carbons (Fsp3) is 0.182. The van der Waals surface area contributed by atoms with Crippen molar-refractivity contribution >= 4 is 12.0 Å². The van der Waals surface area contributed by atoms with E-state index in [9.17, 15) is 14.9 Å². The first kappa shape index (κ1) is 11.9. The molecule has 0 heterocycles. The molecule has 84 valence electrons. The predicted octanol–water partition coefficient (Wildman–Crippen LogP) is 2.36. The van der Waals surface area contributed by atoms with E-state index in [4.69, 9.17) is 4.74 Å². The Labute approximate surface area is 92.5 Å². The third kappa shape index (κ3) is 2.91. The van der Waals surface area contributed by atoms with E-state index in [1.807, 2.05) is 0 Å². The van der Waals surface area contributed by atoms with Crippen molar-refractivity contribution in [1.29, 1.82) is 0 Å². The first-order chi connectivity index (χ1) is 7.54. The Morgan fingerprint density at radius 2 is 2.31 bits per heavy atom. The molecule has 0 bridgehead atoms. The molecular weight excluding hydrogens is 210 g/mol. The summed E-state index contributed by atoms with van der Waals surface area (Å²) >= 11 is 0. The van der Waals surface area contributed by atoms with Crippen molar-refractivity contribution in [3.05, 3.63) is 46.0 Å². The van der Waals surface area contributed by atoms with Crippen LogP contribution in [0.4, 0.5) is 5.69 Å². The topological polar surface area (TPSA) is 69.4 Å². The zero-order chi connectivity index (χ0) is 12.1. The molecule has 0 amide bonds. The van der Waals surface area contributed by atoms with Crippen LogP contribution in [0.15, 0.2) is 30.4 Å². The molecule has 0 unspecified atom stereocenters.